The number of hydrogen-bond acceptors (Lipinski definition) is 3. The fourth-order valence-electron chi connectivity index (χ4n) is 3.53. The van der Waals surface area contributed by atoms with Crippen molar-refractivity contribution < 1.29 is 0 Å². The van der Waals surface area contributed by atoms with E-state index in [-0.39, 0.29) is 6.04 Å². The third kappa shape index (κ3) is 2.12. The van der Waals surface area contributed by atoms with Gasteiger partial charge in [-0.25, -0.2) is 4.98 Å². The van der Waals surface area contributed by atoms with Crippen LogP contribution in [0.2, 0.25) is 0 Å². The average Bonchev–Trinajstić information content (AvgIpc) is 2.82. The zero-order chi connectivity index (χ0) is 12.5. The van der Waals surface area contributed by atoms with Gasteiger partial charge in [0.2, 0.25) is 0 Å². The third-order valence-corrected chi connectivity index (χ3v) is 4.60. The Labute approximate surface area is 109 Å². The van der Waals surface area contributed by atoms with E-state index in [9.17, 15) is 0 Å². The van der Waals surface area contributed by atoms with Crippen LogP contribution in [-0.4, -0.2) is 17.6 Å². The van der Waals surface area contributed by atoms with Crippen molar-refractivity contribution in [3.63, 3.8) is 0 Å². The van der Waals surface area contributed by atoms with Gasteiger partial charge in [-0.05, 0) is 43.7 Å². The maximum atomic E-state index is 5.87. The molecule has 98 valence electrons. The maximum absolute atomic E-state index is 5.87. The summed E-state index contributed by atoms with van der Waals surface area (Å²) in [6.07, 6.45) is 8.86. The van der Waals surface area contributed by atoms with Gasteiger partial charge in [0.15, 0.2) is 0 Å². The summed E-state index contributed by atoms with van der Waals surface area (Å²) in [7, 11) is 0. The van der Waals surface area contributed by atoms with Crippen molar-refractivity contribution >= 4 is 5.82 Å². The summed E-state index contributed by atoms with van der Waals surface area (Å²) < 4.78 is 0. The number of pyridine rings is 1. The molecule has 18 heavy (non-hydrogen) atoms. The van der Waals surface area contributed by atoms with Crippen LogP contribution < -0.4 is 10.6 Å². The molecule has 2 N–H and O–H groups in total. The van der Waals surface area contributed by atoms with E-state index in [1.807, 2.05) is 13.1 Å². The molecule has 2 heterocycles. The molecule has 0 aromatic carbocycles. The number of rotatable bonds is 2. The van der Waals surface area contributed by atoms with Crippen molar-refractivity contribution in [1.29, 1.82) is 0 Å². The standard InChI is InChI=1S/C15H23N3/c1-11(16)13-6-7-15(17-10-13)18-9-8-12-4-2-3-5-14(12)18/h6-7,10-12,14H,2-5,8-9,16H2,1H3. The molecule has 3 unspecified atom stereocenters. The summed E-state index contributed by atoms with van der Waals surface area (Å²) in [4.78, 5) is 7.14. The summed E-state index contributed by atoms with van der Waals surface area (Å²) >= 11 is 0. The van der Waals surface area contributed by atoms with Crippen molar-refractivity contribution in [1.82, 2.24) is 4.98 Å². The average molecular weight is 245 g/mol. The van der Waals surface area contributed by atoms with E-state index in [1.54, 1.807) is 0 Å². The van der Waals surface area contributed by atoms with Crippen LogP contribution in [0.15, 0.2) is 18.3 Å². The predicted molar refractivity (Wildman–Crippen MR) is 74.5 cm³/mol. The lowest BCUT2D eigenvalue weighted by atomic mass is 9.85. The number of nitrogens with zero attached hydrogens (tertiary/aromatic N) is 2. The maximum Gasteiger partial charge on any atom is 0.128 e. The summed E-state index contributed by atoms with van der Waals surface area (Å²) in [5, 5.41) is 0. The van der Waals surface area contributed by atoms with E-state index in [0.29, 0.717) is 0 Å². The Morgan fingerprint density at radius 3 is 2.83 bits per heavy atom. The molecule has 1 aromatic rings. The second-order valence-electron chi connectivity index (χ2n) is 5.83. The number of hydrogen-bond donors (Lipinski definition) is 1. The Kier molecular flexibility index (Phi) is 3.25. The molecule has 0 bridgehead atoms. The Hall–Kier alpha value is -1.09. The molecule has 1 aromatic heterocycles. The highest BCUT2D eigenvalue weighted by Crippen LogP contribution is 2.38. The highest BCUT2D eigenvalue weighted by molar-refractivity contribution is 5.42. The molecule has 3 nitrogen and oxygen atoms in total. The Morgan fingerprint density at radius 2 is 2.11 bits per heavy atom. The lowest BCUT2D eigenvalue weighted by molar-refractivity contribution is 0.341. The van der Waals surface area contributed by atoms with Gasteiger partial charge in [0.1, 0.15) is 5.82 Å². The largest absolute Gasteiger partial charge is 0.353 e. The van der Waals surface area contributed by atoms with Gasteiger partial charge in [-0.2, -0.15) is 0 Å². The second-order valence-corrected chi connectivity index (χ2v) is 5.83. The van der Waals surface area contributed by atoms with Gasteiger partial charge in [0.05, 0.1) is 0 Å². The smallest absolute Gasteiger partial charge is 0.128 e. The first kappa shape index (κ1) is 12.0. The van der Waals surface area contributed by atoms with Crippen molar-refractivity contribution in [2.75, 3.05) is 11.4 Å². The van der Waals surface area contributed by atoms with Crippen LogP contribution in [-0.2, 0) is 0 Å². The van der Waals surface area contributed by atoms with Crippen LogP contribution in [0.1, 0.15) is 50.6 Å². The topological polar surface area (TPSA) is 42.1 Å². The third-order valence-electron chi connectivity index (χ3n) is 4.60. The van der Waals surface area contributed by atoms with Gasteiger partial charge in [-0.15, -0.1) is 0 Å². The van der Waals surface area contributed by atoms with Crippen LogP contribution >= 0.6 is 0 Å². The minimum atomic E-state index is 0.0764. The molecule has 1 aliphatic carbocycles. The fourth-order valence-corrected chi connectivity index (χ4v) is 3.53. The van der Waals surface area contributed by atoms with E-state index in [1.165, 1.54) is 38.6 Å². The quantitative estimate of drug-likeness (QED) is 0.871. The van der Waals surface area contributed by atoms with Gasteiger partial charge in [0, 0.05) is 24.8 Å². The van der Waals surface area contributed by atoms with E-state index < -0.39 is 0 Å². The van der Waals surface area contributed by atoms with Gasteiger partial charge in [-0.1, -0.05) is 18.9 Å². The minimum Gasteiger partial charge on any atom is -0.353 e. The van der Waals surface area contributed by atoms with Crippen molar-refractivity contribution in [3.05, 3.63) is 23.9 Å². The molecule has 3 atom stereocenters. The summed E-state index contributed by atoms with van der Waals surface area (Å²) in [6.45, 7) is 3.18. The molecule has 2 fully saturated rings. The molecule has 0 spiro atoms. The van der Waals surface area contributed by atoms with Crippen molar-refractivity contribution in [3.8, 4) is 0 Å². The van der Waals surface area contributed by atoms with Gasteiger partial charge in [0.25, 0.3) is 0 Å². The normalized spacial score (nSPS) is 29.1. The van der Waals surface area contributed by atoms with Gasteiger partial charge < -0.3 is 10.6 Å². The SMILES string of the molecule is CC(N)c1ccc(N2CCC3CCCCC32)nc1. The Morgan fingerprint density at radius 1 is 1.28 bits per heavy atom. The van der Waals surface area contributed by atoms with Crippen LogP contribution in [0.5, 0.6) is 0 Å². The Bertz CT molecular complexity index is 399. The highest BCUT2D eigenvalue weighted by atomic mass is 15.2. The first-order chi connectivity index (χ1) is 8.75. The Balaban J connectivity index is 1.78. The molecule has 1 saturated carbocycles. The minimum absolute atomic E-state index is 0.0764. The molecule has 1 saturated heterocycles. The first-order valence-electron chi connectivity index (χ1n) is 7.24. The molecule has 3 heteroatoms. The van der Waals surface area contributed by atoms with Crippen LogP contribution in [0.4, 0.5) is 5.82 Å². The van der Waals surface area contributed by atoms with E-state index in [4.69, 9.17) is 5.73 Å². The van der Waals surface area contributed by atoms with Crippen LogP contribution in [0, 0.1) is 5.92 Å². The number of anilines is 1. The monoisotopic (exact) mass is 245 g/mol. The zero-order valence-corrected chi connectivity index (χ0v) is 11.2. The molecule has 3 rings (SSSR count). The number of fused-ring (bicyclic) bond motifs is 1. The lowest BCUT2D eigenvalue weighted by Crippen LogP contribution is -2.35. The zero-order valence-electron chi connectivity index (χ0n) is 11.2. The summed E-state index contributed by atoms with van der Waals surface area (Å²) in [5.41, 5.74) is 6.99. The summed E-state index contributed by atoms with van der Waals surface area (Å²) in [6, 6.07) is 5.10. The van der Waals surface area contributed by atoms with Gasteiger partial charge >= 0.3 is 0 Å². The van der Waals surface area contributed by atoms with Crippen molar-refractivity contribution in [2.24, 2.45) is 11.7 Å². The molecule has 0 radical (unpaired) electrons. The molecule has 1 aliphatic heterocycles. The first-order valence-corrected chi connectivity index (χ1v) is 7.24. The number of nitrogens with two attached hydrogens (primary N) is 1. The van der Waals surface area contributed by atoms with E-state index in [0.717, 1.165) is 23.3 Å². The fraction of sp³-hybridized carbons (Fsp3) is 0.667. The van der Waals surface area contributed by atoms with Gasteiger partial charge in [-0.3, -0.25) is 0 Å². The molecular weight excluding hydrogens is 222 g/mol. The number of aromatic nitrogens is 1. The van der Waals surface area contributed by atoms with Crippen LogP contribution in [0.25, 0.3) is 0 Å². The lowest BCUT2D eigenvalue weighted by Gasteiger charge is -2.32. The summed E-state index contributed by atoms with van der Waals surface area (Å²) in [5.74, 6) is 2.06. The predicted octanol–water partition coefficient (Wildman–Crippen LogP) is 2.87. The van der Waals surface area contributed by atoms with Crippen LogP contribution in [0.3, 0.4) is 0 Å². The molecule has 0 amide bonds. The van der Waals surface area contributed by atoms with E-state index in [2.05, 4.69) is 22.0 Å². The van der Waals surface area contributed by atoms with Crippen molar-refractivity contribution in [2.45, 2.75) is 51.1 Å². The molecular formula is C15H23N3. The molecule has 2 aliphatic rings. The van der Waals surface area contributed by atoms with E-state index >= 15 is 0 Å². The second kappa shape index (κ2) is 4.88. The highest BCUT2D eigenvalue weighted by Gasteiger charge is 2.36.